The van der Waals surface area contributed by atoms with Gasteiger partial charge in [0, 0.05) is 36.8 Å². The Labute approximate surface area is 187 Å². The Bertz CT molecular complexity index is 866. The number of hydrogen-bond acceptors (Lipinski definition) is 4. The van der Waals surface area contributed by atoms with Crippen LogP contribution in [0.2, 0.25) is 0 Å². The third-order valence-electron chi connectivity index (χ3n) is 6.34. The zero-order valence-electron chi connectivity index (χ0n) is 18.2. The van der Waals surface area contributed by atoms with Crippen LogP contribution in [0.25, 0.3) is 0 Å². The Hall–Kier alpha value is -1.96. The molecule has 0 saturated carbocycles. The molecule has 2 fully saturated rings. The maximum atomic E-state index is 13.5. The lowest BCUT2D eigenvalue weighted by atomic mass is 9.96. The standard InChI is InChI=1S/C24H29F2N3OS/c1-24(2)22(27(3)16-31-24)23(30)29-14-12-28(13-15-29)21(17-4-8-19(25)9-5-17)18-6-10-20(26)11-7-18/h4-11,21-22H,12-16H2,1-3H3/t22-/m0/s1. The second kappa shape index (κ2) is 8.88. The zero-order valence-corrected chi connectivity index (χ0v) is 19.0. The minimum absolute atomic E-state index is 0.103. The summed E-state index contributed by atoms with van der Waals surface area (Å²) >= 11 is 1.82. The van der Waals surface area contributed by atoms with Crippen LogP contribution in [0.5, 0.6) is 0 Å². The molecule has 7 heteroatoms. The quantitative estimate of drug-likeness (QED) is 0.711. The van der Waals surface area contributed by atoms with Crippen LogP contribution in [0.1, 0.15) is 31.0 Å². The lowest BCUT2D eigenvalue weighted by Crippen LogP contribution is -2.57. The molecule has 4 rings (SSSR count). The molecule has 2 aromatic rings. The average molecular weight is 446 g/mol. The molecule has 0 bridgehead atoms. The van der Waals surface area contributed by atoms with E-state index in [4.69, 9.17) is 0 Å². The number of benzene rings is 2. The molecule has 0 unspecified atom stereocenters. The van der Waals surface area contributed by atoms with Gasteiger partial charge in [-0.05, 0) is 56.3 Å². The molecule has 166 valence electrons. The topological polar surface area (TPSA) is 26.8 Å². The maximum absolute atomic E-state index is 13.5. The number of piperazine rings is 1. The van der Waals surface area contributed by atoms with Crippen molar-refractivity contribution in [1.82, 2.24) is 14.7 Å². The zero-order chi connectivity index (χ0) is 22.2. The lowest BCUT2D eigenvalue weighted by Gasteiger charge is -2.42. The number of carbonyl (C=O) groups is 1. The number of thioether (sulfide) groups is 1. The minimum atomic E-state index is -0.279. The van der Waals surface area contributed by atoms with Gasteiger partial charge in [-0.15, -0.1) is 11.8 Å². The average Bonchev–Trinajstić information content (AvgIpc) is 3.03. The van der Waals surface area contributed by atoms with Gasteiger partial charge < -0.3 is 4.90 Å². The van der Waals surface area contributed by atoms with Gasteiger partial charge in [0.15, 0.2) is 0 Å². The van der Waals surface area contributed by atoms with Crippen molar-refractivity contribution in [2.45, 2.75) is 30.7 Å². The van der Waals surface area contributed by atoms with Gasteiger partial charge in [0.1, 0.15) is 17.7 Å². The van der Waals surface area contributed by atoms with Crippen LogP contribution in [0.15, 0.2) is 48.5 Å². The lowest BCUT2D eigenvalue weighted by molar-refractivity contribution is -0.138. The van der Waals surface area contributed by atoms with Crippen LogP contribution in [0.4, 0.5) is 8.78 Å². The summed E-state index contributed by atoms with van der Waals surface area (Å²) in [6, 6.07) is 12.8. The van der Waals surface area contributed by atoms with Crippen molar-refractivity contribution in [2.75, 3.05) is 39.1 Å². The summed E-state index contributed by atoms with van der Waals surface area (Å²) < 4.78 is 26.9. The smallest absolute Gasteiger partial charge is 0.241 e. The van der Waals surface area contributed by atoms with Crippen molar-refractivity contribution in [3.05, 3.63) is 71.3 Å². The summed E-state index contributed by atoms with van der Waals surface area (Å²) in [6.07, 6.45) is 0. The van der Waals surface area contributed by atoms with E-state index in [0.717, 1.165) is 17.0 Å². The highest BCUT2D eigenvalue weighted by Gasteiger charge is 2.46. The van der Waals surface area contributed by atoms with Gasteiger partial charge in [-0.3, -0.25) is 14.6 Å². The number of halogens is 2. The van der Waals surface area contributed by atoms with Gasteiger partial charge in [-0.1, -0.05) is 24.3 Å². The molecule has 0 aliphatic carbocycles. The van der Waals surface area contributed by atoms with E-state index in [2.05, 4.69) is 23.6 Å². The molecule has 0 spiro atoms. The molecule has 31 heavy (non-hydrogen) atoms. The molecule has 2 aliphatic heterocycles. The first-order valence-corrected chi connectivity index (χ1v) is 11.6. The normalized spacial score (nSPS) is 22.3. The molecule has 0 N–H and O–H groups in total. The van der Waals surface area contributed by atoms with E-state index in [-0.39, 0.29) is 34.4 Å². The first-order chi connectivity index (χ1) is 14.8. The second-order valence-electron chi connectivity index (χ2n) is 8.90. The summed E-state index contributed by atoms with van der Waals surface area (Å²) in [5.41, 5.74) is 1.92. The van der Waals surface area contributed by atoms with Crippen LogP contribution in [0.3, 0.4) is 0 Å². The molecular formula is C24H29F2N3OS. The van der Waals surface area contributed by atoms with Gasteiger partial charge in [-0.2, -0.15) is 0 Å². The molecule has 0 radical (unpaired) electrons. The summed E-state index contributed by atoms with van der Waals surface area (Å²) in [5, 5.41) is 0. The Morgan fingerprint density at radius 1 is 0.935 bits per heavy atom. The Balaban J connectivity index is 1.52. The van der Waals surface area contributed by atoms with E-state index in [1.807, 2.05) is 23.7 Å². The molecule has 2 aliphatic rings. The van der Waals surface area contributed by atoms with Crippen molar-refractivity contribution in [3.63, 3.8) is 0 Å². The van der Waals surface area contributed by atoms with Crippen molar-refractivity contribution in [2.24, 2.45) is 0 Å². The number of nitrogens with zero attached hydrogens (tertiary/aromatic N) is 3. The van der Waals surface area contributed by atoms with Crippen molar-refractivity contribution >= 4 is 17.7 Å². The van der Waals surface area contributed by atoms with Crippen molar-refractivity contribution in [3.8, 4) is 0 Å². The van der Waals surface area contributed by atoms with E-state index in [1.54, 1.807) is 24.3 Å². The SMILES string of the molecule is CN1CSC(C)(C)[C@@H]1C(=O)N1CCN(C(c2ccc(F)cc2)c2ccc(F)cc2)CC1. The number of hydrogen-bond donors (Lipinski definition) is 0. The number of likely N-dealkylation sites (N-methyl/N-ethyl adjacent to an activating group) is 1. The summed E-state index contributed by atoms with van der Waals surface area (Å²) in [6.45, 7) is 6.97. The summed E-state index contributed by atoms with van der Waals surface area (Å²) in [4.78, 5) is 19.7. The fourth-order valence-corrected chi connectivity index (χ4v) is 5.84. The highest BCUT2D eigenvalue weighted by molar-refractivity contribution is 8.00. The van der Waals surface area contributed by atoms with Crippen LogP contribution in [0, 0.1) is 11.6 Å². The number of carbonyl (C=O) groups excluding carboxylic acids is 1. The number of amides is 1. The van der Waals surface area contributed by atoms with Gasteiger partial charge in [0.2, 0.25) is 5.91 Å². The van der Waals surface area contributed by atoms with Crippen molar-refractivity contribution in [1.29, 1.82) is 0 Å². The van der Waals surface area contributed by atoms with Crippen LogP contribution in [-0.4, -0.2) is 70.5 Å². The third-order valence-corrected chi connectivity index (χ3v) is 7.84. The molecule has 1 amide bonds. The van der Waals surface area contributed by atoms with Crippen molar-refractivity contribution < 1.29 is 13.6 Å². The molecular weight excluding hydrogens is 416 g/mol. The molecule has 4 nitrogen and oxygen atoms in total. The minimum Gasteiger partial charge on any atom is -0.339 e. The first kappa shape index (κ1) is 22.2. The monoisotopic (exact) mass is 445 g/mol. The number of rotatable bonds is 4. The summed E-state index contributed by atoms with van der Waals surface area (Å²) in [5.74, 6) is 0.495. The molecule has 2 aromatic carbocycles. The Morgan fingerprint density at radius 2 is 1.42 bits per heavy atom. The van der Waals surface area contributed by atoms with Gasteiger partial charge >= 0.3 is 0 Å². The predicted molar refractivity (Wildman–Crippen MR) is 121 cm³/mol. The molecule has 2 heterocycles. The molecule has 1 atom stereocenters. The fraction of sp³-hybridized carbons (Fsp3) is 0.458. The van der Waals surface area contributed by atoms with E-state index < -0.39 is 0 Å². The van der Waals surface area contributed by atoms with E-state index in [1.165, 1.54) is 24.3 Å². The Morgan fingerprint density at radius 3 is 1.84 bits per heavy atom. The highest BCUT2D eigenvalue weighted by Crippen LogP contribution is 2.39. The molecule has 2 saturated heterocycles. The summed E-state index contributed by atoms with van der Waals surface area (Å²) in [7, 11) is 2.01. The van der Waals surface area contributed by atoms with Crippen LogP contribution < -0.4 is 0 Å². The second-order valence-corrected chi connectivity index (χ2v) is 10.5. The van der Waals surface area contributed by atoms with E-state index in [9.17, 15) is 13.6 Å². The maximum Gasteiger partial charge on any atom is 0.241 e. The third kappa shape index (κ3) is 4.64. The Kier molecular flexibility index (Phi) is 6.37. The van der Waals surface area contributed by atoms with E-state index >= 15 is 0 Å². The van der Waals surface area contributed by atoms with E-state index in [0.29, 0.717) is 26.2 Å². The van der Waals surface area contributed by atoms with Crippen LogP contribution in [-0.2, 0) is 4.79 Å². The fourth-order valence-electron chi connectivity index (χ4n) is 4.72. The van der Waals surface area contributed by atoms with Crippen LogP contribution >= 0.6 is 11.8 Å². The molecule has 0 aromatic heterocycles. The van der Waals surface area contributed by atoms with Gasteiger partial charge in [-0.25, -0.2) is 8.78 Å². The predicted octanol–water partition coefficient (Wildman–Crippen LogP) is 3.98. The van der Waals surface area contributed by atoms with Gasteiger partial charge in [0.05, 0.1) is 6.04 Å². The largest absolute Gasteiger partial charge is 0.339 e. The highest BCUT2D eigenvalue weighted by atomic mass is 32.2. The first-order valence-electron chi connectivity index (χ1n) is 10.6. The van der Waals surface area contributed by atoms with Gasteiger partial charge in [0.25, 0.3) is 0 Å².